The van der Waals surface area contributed by atoms with Crippen molar-refractivity contribution >= 4 is 6.08 Å². The molecular weight excluding hydrogens is 155 g/mol. The van der Waals surface area contributed by atoms with Gasteiger partial charge in [0, 0.05) is 0 Å². The molecule has 0 fully saturated rings. The van der Waals surface area contributed by atoms with Gasteiger partial charge in [0.2, 0.25) is 0 Å². The molecule has 0 heterocycles. The van der Waals surface area contributed by atoms with Crippen molar-refractivity contribution in [1.82, 2.24) is 0 Å². The van der Waals surface area contributed by atoms with E-state index in [0.717, 1.165) is 0 Å². The van der Waals surface area contributed by atoms with Crippen LogP contribution in [0, 0.1) is 5.82 Å². The molecule has 0 aliphatic heterocycles. The lowest BCUT2D eigenvalue weighted by atomic mass is 10.2. The Morgan fingerprint density at radius 1 is 1.58 bits per heavy atom. The number of halogens is 1. The van der Waals surface area contributed by atoms with Crippen molar-refractivity contribution in [2.24, 2.45) is 0 Å². The number of rotatable bonds is 3. The minimum atomic E-state index is -0.295. The molecule has 0 aliphatic carbocycles. The van der Waals surface area contributed by atoms with Gasteiger partial charge in [-0.15, -0.1) is 0 Å². The van der Waals surface area contributed by atoms with Crippen LogP contribution in [0.4, 0.5) is 4.39 Å². The molecule has 12 heavy (non-hydrogen) atoms. The lowest BCUT2D eigenvalue weighted by molar-refractivity contribution is 0.337. The second kappa shape index (κ2) is 3.90. The molecule has 0 saturated carbocycles. The molecule has 0 bridgehead atoms. The molecule has 0 amide bonds. The fourth-order valence-corrected chi connectivity index (χ4v) is 0.997. The lowest BCUT2D eigenvalue weighted by Crippen LogP contribution is -1.95. The van der Waals surface area contributed by atoms with Crippen molar-refractivity contribution in [1.29, 1.82) is 0 Å². The summed E-state index contributed by atoms with van der Waals surface area (Å²) >= 11 is 0. The quantitative estimate of drug-likeness (QED) is 0.670. The second-order valence-corrected chi connectivity index (χ2v) is 2.29. The Kier molecular flexibility index (Phi) is 2.86. The van der Waals surface area contributed by atoms with E-state index >= 15 is 0 Å². The van der Waals surface area contributed by atoms with Crippen LogP contribution in [0.2, 0.25) is 0 Å². The smallest absolute Gasteiger partial charge is 0.134 e. The van der Waals surface area contributed by atoms with E-state index in [1.807, 2.05) is 6.92 Å². The van der Waals surface area contributed by atoms with Gasteiger partial charge in [-0.25, -0.2) is 4.39 Å². The maximum Gasteiger partial charge on any atom is 0.134 e. The molecule has 0 radical (unpaired) electrons. The first kappa shape index (κ1) is 8.78. The number of hydrogen-bond donors (Lipinski definition) is 0. The summed E-state index contributed by atoms with van der Waals surface area (Å²) in [4.78, 5) is 0. The summed E-state index contributed by atoms with van der Waals surface area (Å²) in [7, 11) is 0. The summed E-state index contributed by atoms with van der Waals surface area (Å²) in [6, 6.07) is 4.73. The van der Waals surface area contributed by atoms with E-state index in [1.165, 1.54) is 12.1 Å². The molecule has 64 valence electrons. The van der Waals surface area contributed by atoms with Crippen molar-refractivity contribution in [3.8, 4) is 5.75 Å². The van der Waals surface area contributed by atoms with Crippen LogP contribution in [-0.2, 0) is 0 Å². The molecule has 2 heteroatoms. The first-order valence-electron chi connectivity index (χ1n) is 3.83. The summed E-state index contributed by atoms with van der Waals surface area (Å²) < 4.78 is 18.2. The van der Waals surface area contributed by atoms with Gasteiger partial charge in [-0.3, -0.25) is 0 Å². The number of ether oxygens (including phenoxy) is 1. The van der Waals surface area contributed by atoms with E-state index in [9.17, 15) is 4.39 Å². The van der Waals surface area contributed by atoms with Crippen molar-refractivity contribution in [3.63, 3.8) is 0 Å². The van der Waals surface area contributed by atoms with Crippen LogP contribution in [0.1, 0.15) is 12.5 Å². The van der Waals surface area contributed by atoms with Gasteiger partial charge in [0.05, 0.1) is 12.2 Å². The average Bonchev–Trinajstić information content (AvgIpc) is 2.05. The molecule has 0 atom stereocenters. The molecule has 1 rings (SSSR count). The van der Waals surface area contributed by atoms with Crippen LogP contribution < -0.4 is 4.74 Å². The van der Waals surface area contributed by atoms with Crippen LogP contribution >= 0.6 is 0 Å². The topological polar surface area (TPSA) is 9.23 Å². The van der Waals surface area contributed by atoms with E-state index in [0.29, 0.717) is 17.9 Å². The van der Waals surface area contributed by atoms with Gasteiger partial charge in [-0.2, -0.15) is 0 Å². The van der Waals surface area contributed by atoms with Crippen LogP contribution in [-0.4, -0.2) is 6.61 Å². The fraction of sp³-hybridized carbons (Fsp3) is 0.200. The van der Waals surface area contributed by atoms with Gasteiger partial charge in [0.15, 0.2) is 0 Å². The summed E-state index contributed by atoms with van der Waals surface area (Å²) in [6.45, 7) is 5.91. The van der Waals surface area contributed by atoms with Crippen LogP contribution in [0.3, 0.4) is 0 Å². The Balaban J connectivity index is 3.09. The third-order valence-electron chi connectivity index (χ3n) is 1.52. The summed E-state index contributed by atoms with van der Waals surface area (Å²) in [5.74, 6) is 0.253. The highest BCUT2D eigenvalue weighted by atomic mass is 19.1. The highest BCUT2D eigenvalue weighted by Gasteiger charge is 2.04. The molecule has 0 unspecified atom stereocenters. The maximum atomic E-state index is 13.0. The van der Waals surface area contributed by atoms with Crippen LogP contribution in [0.15, 0.2) is 24.8 Å². The van der Waals surface area contributed by atoms with E-state index in [2.05, 4.69) is 6.58 Å². The Hall–Kier alpha value is -1.31. The third-order valence-corrected chi connectivity index (χ3v) is 1.52. The standard InChI is InChI=1S/C10H11FO/c1-3-8-9(11)6-5-7-10(8)12-4-2/h3,5-7H,1,4H2,2H3. The molecule has 0 aromatic heterocycles. The third kappa shape index (κ3) is 1.64. The maximum absolute atomic E-state index is 13.0. The largest absolute Gasteiger partial charge is 0.493 e. The normalized spacial score (nSPS) is 9.50. The van der Waals surface area contributed by atoms with Crippen molar-refractivity contribution in [2.45, 2.75) is 6.92 Å². The van der Waals surface area contributed by atoms with Crippen molar-refractivity contribution in [2.75, 3.05) is 6.61 Å². The predicted octanol–water partition coefficient (Wildman–Crippen LogP) is 2.87. The molecule has 0 N–H and O–H groups in total. The van der Waals surface area contributed by atoms with E-state index in [4.69, 9.17) is 4.74 Å². The van der Waals surface area contributed by atoms with Gasteiger partial charge in [0.1, 0.15) is 11.6 Å². The predicted molar refractivity (Wildman–Crippen MR) is 47.7 cm³/mol. The molecular formula is C10H11FO. The average molecular weight is 166 g/mol. The van der Waals surface area contributed by atoms with Crippen LogP contribution in [0.5, 0.6) is 5.75 Å². The molecule has 1 aromatic rings. The van der Waals surface area contributed by atoms with E-state index in [1.54, 1.807) is 12.1 Å². The van der Waals surface area contributed by atoms with Gasteiger partial charge < -0.3 is 4.74 Å². The highest BCUT2D eigenvalue weighted by molar-refractivity contribution is 5.56. The number of hydrogen-bond acceptors (Lipinski definition) is 1. The van der Waals surface area contributed by atoms with E-state index < -0.39 is 0 Å². The van der Waals surface area contributed by atoms with Gasteiger partial charge in [-0.05, 0) is 19.1 Å². The van der Waals surface area contributed by atoms with Crippen molar-refractivity contribution < 1.29 is 9.13 Å². The van der Waals surface area contributed by atoms with Gasteiger partial charge in [0.25, 0.3) is 0 Å². The zero-order valence-electron chi connectivity index (χ0n) is 7.01. The summed E-state index contributed by atoms with van der Waals surface area (Å²) in [5.41, 5.74) is 0.430. The highest BCUT2D eigenvalue weighted by Crippen LogP contribution is 2.22. The minimum absolute atomic E-state index is 0.295. The zero-order chi connectivity index (χ0) is 8.97. The molecule has 1 nitrogen and oxygen atoms in total. The SMILES string of the molecule is C=Cc1c(F)cccc1OCC. The summed E-state index contributed by atoms with van der Waals surface area (Å²) in [5, 5.41) is 0. The summed E-state index contributed by atoms with van der Waals surface area (Å²) in [6.07, 6.45) is 1.46. The first-order valence-corrected chi connectivity index (χ1v) is 3.83. The van der Waals surface area contributed by atoms with Crippen molar-refractivity contribution in [3.05, 3.63) is 36.2 Å². The second-order valence-electron chi connectivity index (χ2n) is 2.29. The Bertz CT molecular complexity index is 281. The first-order chi connectivity index (χ1) is 5.79. The Labute approximate surface area is 71.5 Å². The molecule has 0 saturated heterocycles. The zero-order valence-corrected chi connectivity index (χ0v) is 7.01. The number of benzene rings is 1. The lowest BCUT2D eigenvalue weighted by Gasteiger charge is -2.06. The van der Waals surface area contributed by atoms with Crippen LogP contribution in [0.25, 0.3) is 6.08 Å². The van der Waals surface area contributed by atoms with Gasteiger partial charge in [-0.1, -0.05) is 18.7 Å². The van der Waals surface area contributed by atoms with E-state index in [-0.39, 0.29) is 5.82 Å². The fourth-order valence-electron chi connectivity index (χ4n) is 0.997. The molecule has 1 aromatic carbocycles. The Morgan fingerprint density at radius 3 is 2.92 bits per heavy atom. The van der Waals surface area contributed by atoms with Gasteiger partial charge >= 0.3 is 0 Å². The molecule has 0 spiro atoms. The molecule has 0 aliphatic rings. The minimum Gasteiger partial charge on any atom is -0.493 e. The Morgan fingerprint density at radius 2 is 2.33 bits per heavy atom. The monoisotopic (exact) mass is 166 g/mol.